The van der Waals surface area contributed by atoms with Gasteiger partial charge in [-0.3, -0.25) is 9.59 Å². The van der Waals surface area contributed by atoms with Gasteiger partial charge >= 0.3 is 6.36 Å². The second kappa shape index (κ2) is 11.2. The van der Waals surface area contributed by atoms with E-state index in [0.717, 1.165) is 23.3 Å². The molecule has 1 aromatic heterocycles. The molecule has 0 aliphatic carbocycles. The van der Waals surface area contributed by atoms with E-state index in [1.807, 2.05) is 31.2 Å². The topological polar surface area (TPSA) is 103 Å². The van der Waals surface area contributed by atoms with Gasteiger partial charge in [0.25, 0.3) is 11.8 Å². The van der Waals surface area contributed by atoms with Gasteiger partial charge in [-0.15, -0.1) is 13.2 Å². The highest BCUT2D eigenvalue weighted by Gasteiger charge is 2.31. The number of carbonyl (C=O) groups is 2. The lowest BCUT2D eigenvalue weighted by Crippen LogP contribution is -2.29. The molecule has 3 aromatic rings. The summed E-state index contributed by atoms with van der Waals surface area (Å²) in [5.74, 6) is -0.993. The molecule has 0 saturated heterocycles. The zero-order chi connectivity index (χ0) is 24.6. The fourth-order valence-electron chi connectivity index (χ4n) is 2.89. The number of carbonyl (C=O) groups excluding carboxylic acids is 2. The number of hydrogen-bond donors (Lipinski definition) is 2. The standard InChI is InChI=1S/C23H22F3N3O5/c1-15-3-2-4-16(11-15)9-10-27-22(31)19-13-33-21(29-19)12-28-20(30)14-32-17-5-7-18(8-6-17)34-23(24,25)26/h2-8,11,13H,9-10,12,14H2,1H3,(H,27,31)(H,28,30). The molecule has 0 atom stereocenters. The van der Waals surface area contributed by atoms with E-state index in [-0.39, 0.29) is 30.5 Å². The molecule has 0 radical (unpaired) electrons. The molecule has 0 aliphatic rings. The van der Waals surface area contributed by atoms with Crippen molar-refractivity contribution in [2.24, 2.45) is 0 Å². The lowest BCUT2D eigenvalue weighted by atomic mass is 10.1. The van der Waals surface area contributed by atoms with Gasteiger partial charge in [-0.25, -0.2) is 4.98 Å². The number of amides is 2. The number of alkyl halides is 3. The van der Waals surface area contributed by atoms with Crippen LogP contribution < -0.4 is 20.1 Å². The number of aryl methyl sites for hydroxylation is 1. The third-order valence-electron chi connectivity index (χ3n) is 4.43. The molecule has 2 N–H and O–H groups in total. The highest BCUT2D eigenvalue weighted by molar-refractivity contribution is 5.91. The van der Waals surface area contributed by atoms with Crippen molar-refractivity contribution in [3.63, 3.8) is 0 Å². The van der Waals surface area contributed by atoms with Gasteiger partial charge in [-0.2, -0.15) is 0 Å². The van der Waals surface area contributed by atoms with Gasteiger partial charge < -0.3 is 24.5 Å². The summed E-state index contributed by atoms with van der Waals surface area (Å²) < 4.78 is 50.6. The smallest absolute Gasteiger partial charge is 0.484 e. The Kier molecular flexibility index (Phi) is 8.12. The number of ether oxygens (including phenoxy) is 2. The van der Waals surface area contributed by atoms with E-state index in [4.69, 9.17) is 9.15 Å². The SMILES string of the molecule is Cc1cccc(CCNC(=O)c2coc(CNC(=O)COc3ccc(OC(F)(F)F)cc3)n2)c1. The Bertz CT molecular complexity index is 1110. The van der Waals surface area contributed by atoms with Crippen molar-refractivity contribution in [1.82, 2.24) is 15.6 Å². The van der Waals surface area contributed by atoms with E-state index in [9.17, 15) is 22.8 Å². The highest BCUT2D eigenvalue weighted by atomic mass is 19.4. The average molecular weight is 477 g/mol. The lowest BCUT2D eigenvalue weighted by Gasteiger charge is -2.10. The van der Waals surface area contributed by atoms with Crippen LogP contribution in [0.4, 0.5) is 13.2 Å². The van der Waals surface area contributed by atoms with E-state index in [1.165, 1.54) is 18.4 Å². The maximum absolute atomic E-state index is 12.2. The molecule has 0 saturated carbocycles. The van der Waals surface area contributed by atoms with Crippen molar-refractivity contribution in [2.45, 2.75) is 26.3 Å². The van der Waals surface area contributed by atoms with Gasteiger partial charge in [0, 0.05) is 6.54 Å². The molecule has 11 heteroatoms. The van der Waals surface area contributed by atoms with E-state index < -0.39 is 23.9 Å². The van der Waals surface area contributed by atoms with E-state index >= 15 is 0 Å². The van der Waals surface area contributed by atoms with Crippen molar-refractivity contribution in [3.8, 4) is 11.5 Å². The summed E-state index contributed by atoms with van der Waals surface area (Å²) in [5, 5.41) is 5.27. The normalized spacial score (nSPS) is 11.1. The van der Waals surface area contributed by atoms with Crippen LogP contribution in [0.25, 0.3) is 0 Å². The van der Waals surface area contributed by atoms with Gasteiger partial charge in [-0.05, 0) is 43.2 Å². The number of oxazole rings is 1. The minimum atomic E-state index is -4.79. The largest absolute Gasteiger partial charge is 0.573 e. The van der Waals surface area contributed by atoms with Crippen LogP contribution in [0.5, 0.6) is 11.5 Å². The van der Waals surface area contributed by atoms with E-state index in [1.54, 1.807) is 0 Å². The number of nitrogens with zero attached hydrogens (tertiary/aromatic N) is 1. The Morgan fingerprint density at radius 1 is 1.06 bits per heavy atom. The lowest BCUT2D eigenvalue weighted by molar-refractivity contribution is -0.274. The molecule has 0 unspecified atom stereocenters. The van der Waals surface area contributed by atoms with Crippen LogP contribution >= 0.6 is 0 Å². The fraction of sp³-hybridized carbons (Fsp3) is 0.261. The molecule has 34 heavy (non-hydrogen) atoms. The first-order chi connectivity index (χ1) is 16.2. The van der Waals surface area contributed by atoms with Crippen molar-refractivity contribution in [3.05, 3.63) is 77.5 Å². The van der Waals surface area contributed by atoms with Crippen LogP contribution in [0, 0.1) is 6.92 Å². The minimum absolute atomic E-state index is 0.0723. The second-order valence-corrected chi connectivity index (χ2v) is 7.21. The summed E-state index contributed by atoms with van der Waals surface area (Å²) in [6.07, 6.45) is -2.92. The van der Waals surface area contributed by atoms with Crippen LogP contribution in [-0.2, 0) is 17.8 Å². The number of halogens is 3. The molecule has 0 spiro atoms. The third kappa shape index (κ3) is 8.15. The number of aromatic nitrogens is 1. The van der Waals surface area contributed by atoms with Crippen LogP contribution in [-0.4, -0.2) is 36.3 Å². The summed E-state index contributed by atoms with van der Waals surface area (Å²) in [6, 6.07) is 12.6. The van der Waals surface area contributed by atoms with E-state index in [0.29, 0.717) is 13.0 Å². The monoisotopic (exact) mass is 477 g/mol. The fourth-order valence-corrected chi connectivity index (χ4v) is 2.89. The Balaban J connectivity index is 1.37. The molecule has 0 aliphatic heterocycles. The number of nitrogens with one attached hydrogen (secondary N) is 2. The van der Waals surface area contributed by atoms with Gasteiger partial charge in [-0.1, -0.05) is 29.8 Å². The van der Waals surface area contributed by atoms with Crippen LogP contribution in [0.15, 0.2) is 59.2 Å². The Morgan fingerprint density at radius 3 is 2.50 bits per heavy atom. The highest BCUT2D eigenvalue weighted by Crippen LogP contribution is 2.24. The maximum Gasteiger partial charge on any atom is 0.573 e. The van der Waals surface area contributed by atoms with Gasteiger partial charge in [0.15, 0.2) is 12.3 Å². The van der Waals surface area contributed by atoms with Crippen molar-refractivity contribution in [2.75, 3.05) is 13.2 Å². The van der Waals surface area contributed by atoms with Crippen molar-refractivity contribution >= 4 is 11.8 Å². The predicted octanol–water partition coefficient (Wildman–Crippen LogP) is 3.55. The number of hydrogen-bond acceptors (Lipinski definition) is 6. The number of benzene rings is 2. The van der Waals surface area contributed by atoms with Crippen molar-refractivity contribution < 1.29 is 36.7 Å². The Hall–Kier alpha value is -4.02. The Morgan fingerprint density at radius 2 is 1.79 bits per heavy atom. The molecule has 2 aromatic carbocycles. The molecule has 0 fully saturated rings. The Labute approximate surface area is 193 Å². The van der Waals surface area contributed by atoms with Gasteiger partial charge in [0.1, 0.15) is 17.8 Å². The molecule has 180 valence electrons. The molecule has 0 bridgehead atoms. The molecule has 1 heterocycles. The zero-order valence-corrected chi connectivity index (χ0v) is 18.1. The molecular weight excluding hydrogens is 455 g/mol. The summed E-state index contributed by atoms with van der Waals surface area (Å²) in [4.78, 5) is 28.2. The quantitative estimate of drug-likeness (QED) is 0.463. The van der Waals surface area contributed by atoms with Crippen molar-refractivity contribution in [1.29, 1.82) is 0 Å². The maximum atomic E-state index is 12.2. The number of rotatable bonds is 10. The molecule has 2 amide bonds. The summed E-state index contributed by atoms with van der Waals surface area (Å²) >= 11 is 0. The third-order valence-corrected chi connectivity index (χ3v) is 4.43. The second-order valence-electron chi connectivity index (χ2n) is 7.21. The first-order valence-corrected chi connectivity index (χ1v) is 10.2. The first kappa shape index (κ1) is 24.6. The average Bonchev–Trinajstić information content (AvgIpc) is 3.25. The van der Waals surface area contributed by atoms with Crippen LogP contribution in [0.3, 0.4) is 0 Å². The summed E-state index contributed by atoms with van der Waals surface area (Å²) in [6.45, 7) is 1.98. The summed E-state index contributed by atoms with van der Waals surface area (Å²) in [5.41, 5.74) is 2.34. The van der Waals surface area contributed by atoms with Gasteiger partial charge in [0.05, 0.1) is 6.54 Å². The molecule has 8 nitrogen and oxygen atoms in total. The first-order valence-electron chi connectivity index (χ1n) is 10.2. The van der Waals surface area contributed by atoms with Gasteiger partial charge in [0.2, 0.25) is 5.89 Å². The molecular formula is C23H22F3N3O5. The van der Waals surface area contributed by atoms with E-state index in [2.05, 4.69) is 20.4 Å². The zero-order valence-electron chi connectivity index (χ0n) is 18.1. The molecule has 3 rings (SSSR count). The van der Waals surface area contributed by atoms with Crippen LogP contribution in [0.2, 0.25) is 0 Å². The predicted molar refractivity (Wildman–Crippen MR) is 114 cm³/mol. The minimum Gasteiger partial charge on any atom is -0.484 e. The van der Waals surface area contributed by atoms with Crippen LogP contribution in [0.1, 0.15) is 27.5 Å². The summed E-state index contributed by atoms with van der Waals surface area (Å²) in [7, 11) is 0.